The quantitative estimate of drug-likeness (QED) is 0.771. The van der Waals surface area contributed by atoms with Crippen LogP contribution in [0.2, 0.25) is 0 Å². The number of anilines is 1. The maximum Gasteiger partial charge on any atom is 0.329 e. The van der Waals surface area contributed by atoms with Crippen molar-refractivity contribution in [3.8, 4) is 5.69 Å². The fourth-order valence-electron chi connectivity index (χ4n) is 2.01. The van der Waals surface area contributed by atoms with Gasteiger partial charge in [-0.25, -0.2) is 0 Å². The fourth-order valence-corrected chi connectivity index (χ4v) is 2.63. The molecule has 0 atom stereocenters. The van der Waals surface area contributed by atoms with Gasteiger partial charge in [0.05, 0.1) is 12.8 Å². The molecule has 114 valence electrons. The third-order valence-corrected chi connectivity index (χ3v) is 3.75. The summed E-state index contributed by atoms with van der Waals surface area (Å²) < 4.78 is 33.7. The molecule has 0 unspecified atom stereocenters. The molecular formula is C13H17N3O4S. The highest BCUT2D eigenvalue weighted by molar-refractivity contribution is 7.85. The van der Waals surface area contributed by atoms with Gasteiger partial charge in [0.1, 0.15) is 5.82 Å². The molecular weight excluding hydrogens is 294 g/mol. The molecule has 1 aromatic heterocycles. The van der Waals surface area contributed by atoms with Gasteiger partial charge in [-0.3, -0.25) is 9.12 Å². The lowest BCUT2D eigenvalue weighted by atomic mass is 10.3. The first-order chi connectivity index (χ1) is 9.97. The van der Waals surface area contributed by atoms with Gasteiger partial charge >= 0.3 is 10.1 Å². The van der Waals surface area contributed by atoms with Crippen molar-refractivity contribution in [3.63, 3.8) is 0 Å². The lowest BCUT2D eigenvalue weighted by Crippen LogP contribution is -2.26. The molecule has 0 fully saturated rings. The summed E-state index contributed by atoms with van der Waals surface area (Å²) in [7, 11) is -4.45. The molecule has 0 aliphatic heterocycles. The van der Waals surface area contributed by atoms with Crippen molar-refractivity contribution in [2.24, 2.45) is 0 Å². The van der Waals surface area contributed by atoms with Gasteiger partial charge in [-0.1, -0.05) is 18.2 Å². The Morgan fingerprint density at radius 2 is 1.95 bits per heavy atom. The average molecular weight is 311 g/mol. The Morgan fingerprint density at radius 3 is 2.48 bits per heavy atom. The summed E-state index contributed by atoms with van der Waals surface area (Å²) >= 11 is 0. The summed E-state index contributed by atoms with van der Waals surface area (Å²) in [6.07, 6.45) is 1.53. The number of aliphatic hydroxyl groups is 1. The Morgan fingerprint density at radius 1 is 1.29 bits per heavy atom. The number of nitrogens with zero attached hydrogens (tertiary/aromatic N) is 3. The van der Waals surface area contributed by atoms with E-state index in [1.807, 2.05) is 6.92 Å². The van der Waals surface area contributed by atoms with Crippen LogP contribution in [0.5, 0.6) is 0 Å². The third kappa shape index (κ3) is 3.41. The number of aliphatic hydroxyl groups excluding tert-OH is 1. The van der Waals surface area contributed by atoms with Crippen LogP contribution in [0.1, 0.15) is 6.92 Å². The molecule has 0 saturated heterocycles. The molecule has 7 nitrogen and oxygen atoms in total. The number of aromatic nitrogens is 2. The number of para-hydroxylation sites is 1. The van der Waals surface area contributed by atoms with Gasteiger partial charge in [0.2, 0.25) is 0 Å². The molecule has 0 spiro atoms. The number of hydrogen-bond acceptors (Lipinski definition) is 5. The lowest BCUT2D eigenvalue weighted by molar-refractivity contribution is 0.302. The Hall–Kier alpha value is -1.90. The lowest BCUT2D eigenvalue weighted by Gasteiger charge is -2.18. The molecule has 8 heteroatoms. The smallest absolute Gasteiger partial charge is 0.329 e. The Kier molecular flexibility index (Phi) is 4.61. The Bertz CT molecular complexity index is 697. The van der Waals surface area contributed by atoms with E-state index in [-0.39, 0.29) is 6.61 Å². The van der Waals surface area contributed by atoms with Crippen LogP contribution in [0, 0.1) is 0 Å². The van der Waals surface area contributed by atoms with Gasteiger partial charge in [0.25, 0.3) is 5.16 Å². The van der Waals surface area contributed by atoms with Gasteiger partial charge in [-0.2, -0.15) is 13.4 Å². The van der Waals surface area contributed by atoms with E-state index in [0.717, 1.165) is 0 Å². The topological polar surface area (TPSA) is 95.7 Å². The summed E-state index contributed by atoms with van der Waals surface area (Å²) in [5, 5.41) is 8.59. The van der Waals surface area contributed by atoms with Crippen molar-refractivity contribution in [2.45, 2.75) is 12.1 Å². The van der Waals surface area contributed by atoms with E-state index in [9.17, 15) is 13.0 Å². The standard InChI is InChI=1S/C13H17N3O4S/c1-2-15(8-9-17)12-10-16(11-6-4-3-5-7-11)13(14-12)21(18,19)20/h3-7,10,17H,2,8-9H2,1H3,(H,18,19,20). The van der Waals surface area contributed by atoms with E-state index >= 15 is 0 Å². The second kappa shape index (κ2) is 6.25. The number of rotatable bonds is 6. The van der Waals surface area contributed by atoms with Crippen LogP contribution in [0.15, 0.2) is 41.7 Å². The molecule has 1 aromatic carbocycles. The van der Waals surface area contributed by atoms with Crippen molar-refractivity contribution in [1.29, 1.82) is 0 Å². The van der Waals surface area contributed by atoms with E-state index in [1.165, 1.54) is 10.8 Å². The van der Waals surface area contributed by atoms with Crippen molar-refractivity contribution < 1.29 is 18.1 Å². The second-order valence-corrected chi connectivity index (χ2v) is 5.68. The van der Waals surface area contributed by atoms with Crippen LogP contribution in [0.3, 0.4) is 0 Å². The predicted molar refractivity (Wildman–Crippen MR) is 78.4 cm³/mol. The van der Waals surface area contributed by atoms with Crippen LogP contribution in [-0.4, -0.2) is 47.3 Å². The zero-order valence-electron chi connectivity index (χ0n) is 11.5. The predicted octanol–water partition coefficient (Wildman–Crippen LogP) is 0.938. The molecule has 2 N–H and O–H groups in total. The van der Waals surface area contributed by atoms with Crippen LogP contribution in [0.4, 0.5) is 5.82 Å². The van der Waals surface area contributed by atoms with E-state index in [4.69, 9.17) is 5.11 Å². The molecule has 0 radical (unpaired) electrons. The van der Waals surface area contributed by atoms with Crippen molar-refractivity contribution >= 4 is 15.9 Å². The third-order valence-electron chi connectivity index (χ3n) is 3.00. The number of likely N-dealkylation sites (N-methyl/N-ethyl adjacent to an activating group) is 1. The molecule has 0 saturated carbocycles. The van der Waals surface area contributed by atoms with Crippen LogP contribution in [-0.2, 0) is 10.1 Å². The van der Waals surface area contributed by atoms with Gasteiger partial charge in [0, 0.05) is 18.8 Å². The first-order valence-corrected chi connectivity index (χ1v) is 7.89. The zero-order valence-corrected chi connectivity index (χ0v) is 12.4. The minimum Gasteiger partial charge on any atom is -0.395 e. The summed E-state index contributed by atoms with van der Waals surface area (Å²) in [6, 6.07) is 8.74. The Labute approximate surface area is 123 Å². The van der Waals surface area contributed by atoms with Gasteiger partial charge in [0.15, 0.2) is 0 Å². The highest BCUT2D eigenvalue weighted by Crippen LogP contribution is 2.21. The fraction of sp³-hybridized carbons (Fsp3) is 0.308. The second-order valence-electron chi connectivity index (χ2n) is 4.37. The summed E-state index contributed by atoms with van der Waals surface area (Å²) in [6.45, 7) is 2.67. The molecule has 0 aliphatic carbocycles. The van der Waals surface area contributed by atoms with Crippen molar-refractivity contribution in [3.05, 3.63) is 36.5 Å². The largest absolute Gasteiger partial charge is 0.395 e. The van der Waals surface area contributed by atoms with Crippen molar-refractivity contribution in [1.82, 2.24) is 9.55 Å². The Balaban J connectivity index is 2.56. The molecule has 0 bridgehead atoms. The number of benzene rings is 1. The monoisotopic (exact) mass is 311 g/mol. The van der Waals surface area contributed by atoms with E-state index < -0.39 is 15.3 Å². The van der Waals surface area contributed by atoms with Crippen molar-refractivity contribution in [2.75, 3.05) is 24.6 Å². The average Bonchev–Trinajstić information content (AvgIpc) is 2.91. The first-order valence-electron chi connectivity index (χ1n) is 6.45. The van der Waals surface area contributed by atoms with Gasteiger partial charge in [-0.15, -0.1) is 0 Å². The molecule has 2 aromatic rings. The maximum absolute atomic E-state index is 11.5. The molecule has 0 amide bonds. The van der Waals surface area contributed by atoms with Crippen LogP contribution < -0.4 is 4.90 Å². The van der Waals surface area contributed by atoms with E-state index in [0.29, 0.717) is 24.6 Å². The minimum absolute atomic E-state index is 0.0761. The number of imidazole rings is 1. The summed E-state index contributed by atoms with van der Waals surface area (Å²) in [4.78, 5) is 5.70. The van der Waals surface area contributed by atoms with Crippen LogP contribution in [0.25, 0.3) is 5.69 Å². The van der Waals surface area contributed by atoms with Gasteiger partial charge in [-0.05, 0) is 19.1 Å². The number of hydrogen-bond donors (Lipinski definition) is 2. The zero-order chi connectivity index (χ0) is 15.5. The van der Waals surface area contributed by atoms with E-state index in [2.05, 4.69) is 4.98 Å². The summed E-state index contributed by atoms with van der Waals surface area (Å²) in [5.41, 5.74) is 0.573. The van der Waals surface area contributed by atoms with Crippen LogP contribution >= 0.6 is 0 Å². The maximum atomic E-state index is 11.5. The molecule has 1 heterocycles. The van der Waals surface area contributed by atoms with E-state index in [1.54, 1.807) is 35.2 Å². The molecule has 2 rings (SSSR count). The highest BCUT2D eigenvalue weighted by Gasteiger charge is 2.22. The minimum atomic E-state index is -4.45. The van der Waals surface area contributed by atoms with Gasteiger partial charge < -0.3 is 10.0 Å². The SMILES string of the molecule is CCN(CCO)c1cn(-c2ccccc2)c(S(=O)(=O)O)n1. The highest BCUT2D eigenvalue weighted by atomic mass is 32.2. The molecule has 0 aliphatic rings. The normalized spacial score (nSPS) is 11.6. The molecule has 21 heavy (non-hydrogen) atoms. The first kappa shape index (κ1) is 15.5. The summed E-state index contributed by atoms with van der Waals surface area (Å²) in [5.74, 6) is 0.378.